The predicted molar refractivity (Wildman–Crippen MR) is 134 cm³/mol. The largest absolute Gasteiger partial charge is 0.352 e. The van der Waals surface area contributed by atoms with Crippen LogP contribution in [-0.4, -0.2) is 39.9 Å². The van der Waals surface area contributed by atoms with Crippen LogP contribution in [0, 0.1) is 6.92 Å². The van der Waals surface area contributed by atoms with Crippen molar-refractivity contribution in [3.05, 3.63) is 101 Å². The van der Waals surface area contributed by atoms with Crippen molar-refractivity contribution in [2.75, 3.05) is 13.6 Å². The number of imidazole rings is 1. The van der Waals surface area contributed by atoms with Crippen molar-refractivity contribution in [3.8, 4) is 0 Å². The van der Waals surface area contributed by atoms with Crippen LogP contribution in [0.4, 0.5) is 0 Å². The van der Waals surface area contributed by atoms with Crippen LogP contribution >= 0.6 is 0 Å². The Hall–Kier alpha value is -3.93. The third-order valence-electron chi connectivity index (χ3n) is 5.86. The summed E-state index contributed by atoms with van der Waals surface area (Å²) in [5.74, 6) is 0.809. The lowest BCUT2D eigenvalue weighted by molar-refractivity contribution is -0.131. The Morgan fingerprint density at radius 1 is 0.971 bits per heavy atom. The number of carbonyl (C=O) groups is 2. The maximum Gasteiger partial charge on any atom is 0.251 e. The molecule has 3 aromatic carbocycles. The van der Waals surface area contributed by atoms with Crippen LogP contribution in [0.25, 0.3) is 11.0 Å². The van der Waals surface area contributed by atoms with Gasteiger partial charge in [-0.1, -0.05) is 60.2 Å². The highest BCUT2D eigenvalue weighted by molar-refractivity contribution is 5.94. The molecule has 1 heterocycles. The fourth-order valence-corrected chi connectivity index (χ4v) is 4.03. The number of aryl methyl sites for hydroxylation is 2. The van der Waals surface area contributed by atoms with Crippen LogP contribution in [-0.2, 0) is 24.3 Å². The Morgan fingerprint density at radius 3 is 2.53 bits per heavy atom. The monoisotopic (exact) mass is 454 g/mol. The molecule has 0 unspecified atom stereocenters. The van der Waals surface area contributed by atoms with Gasteiger partial charge in [-0.3, -0.25) is 9.59 Å². The van der Waals surface area contributed by atoms with Gasteiger partial charge < -0.3 is 14.8 Å². The summed E-state index contributed by atoms with van der Waals surface area (Å²) in [6.45, 7) is 3.30. The lowest BCUT2D eigenvalue weighted by atomic mass is 10.1. The molecular weight excluding hydrogens is 424 g/mol. The van der Waals surface area contributed by atoms with E-state index in [2.05, 4.69) is 5.32 Å². The molecule has 4 rings (SSSR count). The number of hydrogen-bond acceptors (Lipinski definition) is 3. The molecule has 6 nitrogen and oxygen atoms in total. The molecule has 0 aliphatic carbocycles. The normalized spacial score (nSPS) is 10.9. The molecule has 0 radical (unpaired) electrons. The summed E-state index contributed by atoms with van der Waals surface area (Å²) >= 11 is 0. The van der Waals surface area contributed by atoms with Crippen molar-refractivity contribution in [2.45, 2.75) is 32.9 Å². The van der Waals surface area contributed by atoms with Crippen LogP contribution in [0.1, 0.15) is 33.7 Å². The molecule has 6 heteroatoms. The summed E-state index contributed by atoms with van der Waals surface area (Å²) in [5, 5.41) is 2.98. The van der Waals surface area contributed by atoms with E-state index in [9.17, 15) is 9.59 Å². The predicted octanol–water partition coefficient (Wildman–Crippen LogP) is 4.37. The molecule has 0 fully saturated rings. The Balaban J connectivity index is 1.40. The minimum Gasteiger partial charge on any atom is -0.352 e. The van der Waals surface area contributed by atoms with Gasteiger partial charge >= 0.3 is 0 Å². The number of para-hydroxylation sites is 2. The number of amides is 2. The minimum atomic E-state index is -0.0742. The number of hydrogen-bond donors (Lipinski definition) is 1. The molecular formula is C28H30N4O2. The molecule has 2 amide bonds. The van der Waals surface area contributed by atoms with Crippen molar-refractivity contribution in [1.29, 1.82) is 0 Å². The second-order valence-corrected chi connectivity index (χ2v) is 8.57. The molecule has 0 atom stereocenters. The number of aromatic nitrogens is 2. The van der Waals surface area contributed by atoms with Crippen molar-refractivity contribution in [3.63, 3.8) is 0 Å². The minimum absolute atomic E-state index is 0.0287. The Kier molecular flexibility index (Phi) is 7.38. The Labute approximate surface area is 200 Å². The summed E-state index contributed by atoms with van der Waals surface area (Å²) in [6.07, 6.45) is 1.40. The molecule has 0 spiro atoms. The Bertz CT molecular complexity index is 1280. The molecule has 0 bridgehead atoms. The van der Waals surface area contributed by atoms with E-state index in [4.69, 9.17) is 4.98 Å². The third kappa shape index (κ3) is 5.70. The van der Waals surface area contributed by atoms with E-state index >= 15 is 0 Å². The van der Waals surface area contributed by atoms with Crippen molar-refractivity contribution < 1.29 is 9.59 Å². The number of fused-ring (bicyclic) bond motifs is 1. The topological polar surface area (TPSA) is 67.2 Å². The highest BCUT2D eigenvalue weighted by atomic mass is 16.2. The van der Waals surface area contributed by atoms with E-state index in [1.165, 1.54) is 0 Å². The van der Waals surface area contributed by atoms with Crippen LogP contribution < -0.4 is 5.32 Å². The first kappa shape index (κ1) is 23.2. The second-order valence-electron chi connectivity index (χ2n) is 8.57. The second kappa shape index (κ2) is 10.8. The van der Waals surface area contributed by atoms with Crippen LogP contribution in [0.2, 0.25) is 0 Å². The van der Waals surface area contributed by atoms with Crippen LogP contribution in [0.5, 0.6) is 0 Å². The summed E-state index contributed by atoms with van der Waals surface area (Å²) in [6, 6.07) is 25.4. The maximum atomic E-state index is 13.0. The van der Waals surface area contributed by atoms with Crippen molar-refractivity contribution >= 4 is 22.8 Å². The zero-order chi connectivity index (χ0) is 23.9. The van der Waals surface area contributed by atoms with E-state index < -0.39 is 0 Å². The third-order valence-corrected chi connectivity index (χ3v) is 5.86. The van der Waals surface area contributed by atoms with E-state index in [1.54, 1.807) is 4.90 Å². The first-order chi connectivity index (χ1) is 16.5. The summed E-state index contributed by atoms with van der Waals surface area (Å²) < 4.78 is 2.00. The van der Waals surface area contributed by atoms with Gasteiger partial charge in [0.1, 0.15) is 12.4 Å². The van der Waals surface area contributed by atoms with Crippen LogP contribution in [0.3, 0.4) is 0 Å². The van der Waals surface area contributed by atoms with Crippen molar-refractivity contribution in [2.24, 2.45) is 0 Å². The highest BCUT2D eigenvalue weighted by Gasteiger charge is 2.16. The zero-order valence-electron chi connectivity index (χ0n) is 19.7. The number of rotatable bonds is 9. The standard InChI is InChI=1S/C28H30N4O2/c1-21-10-8-13-23(18-21)28(34)29-17-9-16-26-30-24-14-6-7-15-25(24)32(26)20-27(33)31(2)19-22-11-4-3-5-12-22/h3-8,10-15,18H,9,16-17,19-20H2,1-2H3,(H,29,34). The average Bonchev–Trinajstić information content (AvgIpc) is 3.19. The van der Waals surface area contributed by atoms with Gasteiger partial charge in [-0.05, 0) is 43.2 Å². The van der Waals surface area contributed by atoms with Gasteiger partial charge in [0.05, 0.1) is 11.0 Å². The summed E-state index contributed by atoms with van der Waals surface area (Å²) in [4.78, 5) is 32.0. The lowest BCUT2D eigenvalue weighted by Crippen LogP contribution is -2.30. The first-order valence-corrected chi connectivity index (χ1v) is 11.6. The van der Waals surface area contributed by atoms with Gasteiger partial charge in [-0.15, -0.1) is 0 Å². The van der Waals surface area contributed by atoms with E-state index in [-0.39, 0.29) is 18.4 Å². The number of nitrogens with zero attached hydrogens (tertiary/aromatic N) is 3. The quantitative estimate of drug-likeness (QED) is 0.382. The molecule has 34 heavy (non-hydrogen) atoms. The van der Waals surface area contributed by atoms with E-state index in [0.29, 0.717) is 25.1 Å². The number of benzene rings is 3. The van der Waals surface area contributed by atoms with E-state index in [0.717, 1.165) is 34.4 Å². The zero-order valence-corrected chi connectivity index (χ0v) is 19.7. The van der Waals surface area contributed by atoms with Crippen LogP contribution in [0.15, 0.2) is 78.9 Å². The molecule has 1 N–H and O–H groups in total. The summed E-state index contributed by atoms with van der Waals surface area (Å²) in [7, 11) is 1.83. The highest BCUT2D eigenvalue weighted by Crippen LogP contribution is 2.18. The van der Waals surface area contributed by atoms with Gasteiger partial charge in [-0.2, -0.15) is 0 Å². The Morgan fingerprint density at radius 2 is 1.74 bits per heavy atom. The van der Waals surface area contributed by atoms with Gasteiger partial charge in [-0.25, -0.2) is 4.98 Å². The number of carbonyl (C=O) groups excluding carboxylic acids is 2. The molecule has 174 valence electrons. The van der Waals surface area contributed by atoms with Gasteiger partial charge in [0.2, 0.25) is 5.91 Å². The van der Waals surface area contributed by atoms with E-state index in [1.807, 2.05) is 97.4 Å². The molecule has 0 saturated heterocycles. The number of nitrogens with one attached hydrogen (secondary N) is 1. The number of likely N-dealkylation sites (N-methyl/N-ethyl adjacent to an activating group) is 1. The fourth-order valence-electron chi connectivity index (χ4n) is 4.03. The SMILES string of the molecule is Cc1cccc(C(=O)NCCCc2nc3ccccc3n2CC(=O)N(C)Cc2ccccc2)c1. The van der Waals surface area contributed by atoms with Gasteiger partial charge in [0.25, 0.3) is 5.91 Å². The fraction of sp³-hybridized carbons (Fsp3) is 0.250. The molecule has 1 aromatic heterocycles. The maximum absolute atomic E-state index is 13.0. The summed E-state index contributed by atoms with van der Waals surface area (Å²) in [5.41, 5.74) is 4.64. The average molecular weight is 455 g/mol. The van der Waals surface area contributed by atoms with Crippen molar-refractivity contribution in [1.82, 2.24) is 19.8 Å². The van der Waals surface area contributed by atoms with Gasteiger partial charge in [0, 0.05) is 32.1 Å². The molecule has 0 saturated carbocycles. The van der Waals surface area contributed by atoms with Gasteiger partial charge in [0.15, 0.2) is 0 Å². The lowest BCUT2D eigenvalue weighted by Gasteiger charge is -2.19. The molecule has 4 aromatic rings. The molecule has 0 aliphatic heterocycles. The smallest absolute Gasteiger partial charge is 0.251 e. The first-order valence-electron chi connectivity index (χ1n) is 11.6. The molecule has 0 aliphatic rings.